The summed E-state index contributed by atoms with van der Waals surface area (Å²) in [6.45, 7) is 4.87. The topological polar surface area (TPSA) is 66.8 Å². The summed E-state index contributed by atoms with van der Waals surface area (Å²) in [4.78, 5) is 12.5. The lowest BCUT2D eigenvalue weighted by molar-refractivity contribution is -0.115. The lowest BCUT2D eigenvalue weighted by Crippen LogP contribution is -2.29. The highest BCUT2D eigenvalue weighted by atomic mass is 16.5. The van der Waals surface area contributed by atoms with E-state index in [-0.39, 0.29) is 17.3 Å². The van der Waals surface area contributed by atoms with E-state index in [1.165, 1.54) is 0 Å². The monoisotopic (exact) mass is 288 g/mol. The van der Waals surface area contributed by atoms with Gasteiger partial charge in [-0.2, -0.15) is 0 Å². The van der Waals surface area contributed by atoms with Crippen LogP contribution in [0.4, 0.5) is 0 Å². The van der Waals surface area contributed by atoms with E-state index >= 15 is 0 Å². The maximum atomic E-state index is 12.5. The number of aliphatic hydroxyl groups excluding tert-OH is 1. The molecule has 3 rings (SSSR count). The largest absolute Gasteiger partial charge is 0.511 e. The minimum absolute atomic E-state index is 0.00807. The van der Waals surface area contributed by atoms with Gasteiger partial charge in [0.25, 0.3) is 0 Å². The van der Waals surface area contributed by atoms with Crippen LogP contribution in [0.5, 0.6) is 5.75 Å². The van der Waals surface area contributed by atoms with Crippen LogP contribution in [-0.4, -0.2) is 29.2 Å². The first kappa shape index (κ1) is 14.1. The molecule has 0 bridgehead atoms. The number of ether oxygens (including phenoxy) is 1. The summed E-state index contributed by atoms with van der Waals surface area (Å²) in [5.74, 6) is 0.388. The Kier molecular flexibility index (Phi) is 3.29. The maximum absolute atomic E-state index is 12.5. The fourth-order valence-corrected chi connectivity index (χ4v) is 3.65. The summed E-state index contributed by atoms with van der Waals surface area (Å²) in [6, 6.07) is 3.26. The molecule has 1 aromatic rings. The molecule has 1 heterocycles. The van der Waals surface area contributed by atoms with Gasteiger partial charge < -0.3 is 14.9 Å². The average Bonchev–Trinajstić information content (AvgIpc) is 2.63. The summed E-state index contributed by atoms with van der Waals surface area (Å²) in [6.07, 6.45) is 1.73. The van der Waals surface area contributed by atoms with Crippen molar-refractivity contribution in [3.63, 3.8) is 0 Å². The molecule has 112 valence electrons. The van der Waals surface area contributed by atoms with E-state index in [0.29, 0.717) is 38.0 Å². The Morgan fingerprint density at radius 2 is 1.67 bits per heavy atom. The van der Waals surface area contributed by atoms with Gasteiger partial charge in [0, 0.05) is 25.0 Å². The zero-order chi connectivity index (χ0) is 15.2. The van der Waals surface area contributed by atoms with Gasteiger partial charge in [-0.1, -0.05) is 0 Å². The van der Waals surface area contributed by atoms with Crippen LogP contribution < -0.4 is 0 Å². The molecule has 4 nitrogen and oxygen atoms in total. The van der Waals surface area contributed by atoms with Gasteiger partial charge in [0.1, 0.15) is 11.5 Å². The lowest BCUT2D eigenvalue weighted by Gasteiger charge is -2.32. The van der Waals surface area contributed by atoms with Gasteiger partial charge in [-0.15, -0.1) is 0 Å². The second kappa shape index (κ2) is 4.88. The number of aliphatic hydroxyl groups is 1. The smallest absolute Gasteiger partial charge is 0.167 e. The number of benzene rings is 1. The molecule has 4 heteroatoms. The number of aromatic hydroxyl groups is 1. The molecule has 0 aromatic heterocycles. The van der Waals surface area contributed by atoms with Crippen LogP contribution in [-0.2, 0) is 9.53 Å². The van der Waals surface area contributed by atoms with Crippen molar-refractivity contribution in [3.8, 4) is 5.75 Å². The number of Topliss-reactive ketones (excluding diaryl/α,β-unsaturated/α-hetero) is 1. The fraction of sp³-hybridized carbons (Fsp3) is 0.471. The first-order chi connectivity index (χ1) is 9.94. The lowest BCUT2D eigenvalue weighted by atomic mass is 9.78. The Morgan fingerprint density at radius 1 is 1.10 bits per heavy atom. The van der Waals surface area contributed by atoms with Crippen LogP contribution in [0.2, 0.25) is 0 Å². The van der Waals surface area contributed by atoms with E-state index in [4.69, 9.17) is 4.74 Å². The number of carbonyl (C=O) groups excluding carboxylic acids is 1. The Bertz CT molecular complexity index is 613. The predicted molar refractivity (Wildman–Crippen MR) is 79.2 cm³/mol. The van der Waals surface area contributed by atoms with Gasteiger partial charge >= 0.3 is 0 Å². The molecule has 2 aliphatic rings. The number of phenolic OH excluding ortho intramolecular Hbond substituents is 1. The molecular formula is C17H20O4. The molecule has 0 saturated carbocycles. The third-order valence-electron chi connectivity index (χ3n) is 4.73. The number of allylic oxidation sites excluding steroid dienone is 2. The number of carbonyl (C=O) groups is 1. The van der Waals surface area contributed by atoms with Crippen LogP contribution in [0.15, 0.2) is 17.9 Å². The van der Waals surface area contributed by atoms with Crippen molar-refractivity contribution >= 4 is 11.4 Å². The molecule has 1 spiro atoms. The number of phenols is 1. The van der Waals surface area contributed by atoms with E-state index in [9.17, 15) is 15.0 Å². The van der Waals surface area contributed by atoms with E-state index in [1.54, 1.807) is 12.1 Å². The van der Waals surface area contributed by atoms with E-state index in [0.717, 1.165) is 16.7 Å². The second-order valence-corrected chi connectivity index (χ2v) is 6.17. The molecule has 2 N–H and O–H groups in total. The zero-order valence-corrected chi connectivity index (χ0v) is 12.4. The van der Waals surface area contributed by atoms with Crippen molar-refractivity contribution in [2.75, 3.05) is 13.2 Å². The molecule has 21 heavy (non-hydrogen) atoms. The molecule has 0 atom stereocenters. The number of aryl methyl sites for hydroxylation is 2. The van der Waals surface area contributed by atoms with Crippen molar-refractivity contribution in [1.82, 2.24) is 0 Å². The molecule has 1 aliphatic carbocycles. The molecular weight excluding hydrogens is 268 g/mol. The number of ketones is 1. The van der Waals surface area contributed by atoms with Crippen LogP contribution >= 0.6 is 0 Å². The van der Waals surface area contributed by atoms with Crippen LogP contribution in [0.25, 0.3) is 5.57 Å². The van der Waals surface area contributed by atoms with Gasteiger partial charge in [0.2, 0.25) is 0 Å². The van der Waals surface area contributed by atoms with Crippen molar-refractivity contribution in [1.29, 1.82) is 0 Å². The van der Waals surface area contributed by atoms with E-state index < -0.39 is 5.41 Å². The van der Waals surface area contributed by atoms with Gasteiger partial charge in [-0.3, -0.25) is 4.79 Å². The average molecular weight is 288 g/mol. The highest BCUT2D eigenvalue weighted by Gasteiger charge is 2.47. The van der Waals surface area contributed by atoms with Crippen LogP contribution in [0, 0.1) is 19.3 Å². The summed E-state index contributed by atoms with van der Waals surface area (Å²) < 4.78 is 5.37. The minimum Gasteiger partial charge on any atom is -0.511 e. The van der Waals surface area contributed by atoms with Crippen molar-refractivity contribution in [3.05, 3.63) is 34.6 Å². The number of rotatable bonds is 1. The maximum Gasteiger partial charge on any atom is 0.167 e. The molecule has 0 radical (unpaired) electrons. The third kappa shape index (κ3) is 2.14. The molecule has 1 saturated heterocycles. The Labute approximate surface area is 124 Å². The highest BCUT2D eigenvalue weighted by Crippen LogP contribution is 2.50. The molecule has 0 amide bonds. The molecule has 1 fully saturated rings. The summed E-state index contributed by atoms with van der Waals surface area (Å²) in [5, 5.41) is 20.4. The Morgan fingerprint density at radius 3 is 2.24 bits per heavy atom. The number of hydrogen-bond acceptors (Lipinski definition) is 4. The quantitative estimate of drug-likeness (QED) is 0.833. The molecule has 1 aromatic carbocycles. The SMILES string of the molecule is Cc1cc(O)cc(C)c1C1=C(O)C2(CCOCC2)CC1=O. The predicted octanol–water partition coefficient (Wildman–Crippen LogP) is 3.05. The number of hydrogen-bond donors (Lipinski definition) is 2. The van der Waals surface area contributed by atoms with Gasteiger partial charge in [0.05, 0.1) is 5.57 Å². The van der Waals surface area contributed by atoms with Crippen LogP contribution in [0.1, 0.15) is 36.0 Å². The summed E-state index contributed by atoms with van der Waals surface area (Å²) >= 11 is 0. The van der Waals surface area contributed by atoms with E-state index in [1.807, 2.05) is 13.8 Å². The van der Waals surface area contributed by atoms with E-state index in [2.05, 4.69) is 0 Å². The third-order valence-corrected chi connectivity index (χ3v) is 4.73. The second-order valence-electron chi connectivity index (χ2n) is 6.17. The summed E-state index contributed by atoms with van der Waals surface area (Å²) in [5.41, 5.74) is 2.38. The van der Waals surface area contributed by atoms with Crippen molar-refractivity contribution < 1.29 is 19.7 Å². The fourth-order valence-electron chi connectivity index (χ4n) is 3.65. The standard InChI is InChI=1S/C17H20O4/c1-10-7-12(18)8-11(2)14(10)15-13(19)9-17(16(15)20)3-5-21-6-4-17/h7-8,18,20H,3-6,9H2,1-2H3. The Balaban J connectivity index is 2.15. The highest BCUT2D eigenvalue weighted by molar-refractivity contribution is 6.24. The zero-order valence-electron chi connectivity index (χ0n) is 12.4. The summed E-state index contributed by atoms with van der Waals surface area (Å²) in [7, 11) is 0. The van der Waals surface area contributed by atoms with Crippen molar-refractivity contribution in [2.24, 2.45) is 5.41 Å². The van der Waals surface area contributed by atoms with Crippen LogP contribution in [0.3, 0.4) is 0 Å². The normalized spacial score (nSPS) is 21.3. The Hall–Kier alpha value is -1.81. The van der Waals surface area contributed by atoms with Gasteiger partial charge in [-0.05, 0) is 55.5 Å². The molecule has 0 unspecified atom stereocenters. The molecule has 1 aliphatic heterocycles. The first-order valence-corrected chi connectivity index (χ1v) is 7.30. The van der Waals surface area contributed by atoms with Gasteiger partial charge in [0.15, 0.2) is 5.78 Å². The van der Waals surface area contributed by atoms with Crippen molar-refractivity contribution in [2.45, 2.75) is 33.1 Å². The minimum atomic E-state index is -0.443. The first-order valence-electron chi connectivity index (χ1n) is 7.30. The van der Waals surface area contributed by atoms with Gasteiger partial charge in [-0.25, -0.2) is 0 Å².